The molecule has 48 heavy (non-hydrogen) atoms. The van der Waals surface area contributed by atoms with Crippen molar-refractivity contribution in [3.63, 3.8) is 0 Å². The molecule has 0 radical (unpaired) electrons. The average molecular weight is 739 g/mol. The topological polar surface area (TPSA) is 344 Å². The van der Waals surface area contributed by atoms with Crippen LogP contribution in [0.4, 0.5) is 47.1 Å². The van der Waals surface area contributed by atoms with E-state index >= 15 is 0 Å². The predicted octanol–water partition coefficient (Wildman–Crippen LogP) is -1.77. The van der Waals surface area contributed by atoms with Gasteiger partial charge in [-0.05, 0) is 18.2 Å². The number of nitrogens with one attached hydrogen (secondary N) is 5. The molecule has 2 aromatic heterocycles. The third kappa shape index (κ3) is 14.6. The van der Waals surface area contributed by atoms with Crippen LogP contribution >= 0.6 is 0 Å². The van der Waals surface area contributed by atoms with Gasteiger partial charge < -0.3 is 41.7 Å². The summed E-state index contributed by atoms with van der Waals surface area (Å²) in [5.41, 5.74) is 0.797. The van der Waals surface area contributed by atoms with Gasteiger partial charge in [-0.1, -0.05) is 6.07 Å². The summed E-state index contributed by atoms with van der Waals surface area (Å²) in [6.07, 6.45) is 0. The molecule has 0 aliphatic rings. The van der Waals surface area contributed by atoms with Crippen LogP contribution in [0, 0.1) is 0 Å². The largest absolute Gasteiger partial charge is 0.395 e. The molecule has 26 heteroatoms. The second-order valence-corrected chi connectivity index (χ2v) is 14.2. The Balaban J connectivity index is 1.87. The zero-order valence-electron chi connectivity index (χ0n) is 24.9. The maximum Gasteiger partial charge on any atom is 0.266 e. The fourth-order valence-electron chi connectivity index (χ4n) is 3.59. The van der Waals surface area contributed by atoms with E-state index in [2.05, 4.69) is 56.5 Å². The maximum absolute atomic E-state index is 11.1. The Hall–Kier alpha value is -4.31. The van der Waals surface area contributed by atoms with Crippen LogP contribution in [0.25, 0.3) is 0 Å². The molecule has 2 heterocycles. The summed E-state index contributed by atoms with van der Waals surface area (Å²) in [6.45, 7) is -1.27. The van der Waals surface area contributed by atoms with E-state index in [4.69, 9.17) is 13.7 Å². The number of benzene rings is 1. The summed E-state index contributed by atoms with van der Waals surface area (Å²) in [5, 5.41) is 32.7. The highest BCUT2D eigenvalue weighted by Crippen LogP contribution is 2.23. The molecule has 0 aliphatic heterocycles. The van der Waals surface area contributed by atoms with E-state index in [0.29, 0.717) is 11.4 Å². The van der Waals surface area contributed by atoms with Gasteiger partial charge in [0.15, 0.2) is 0 Å². The molecule has 1 aromatic carbocycles. The Morgan fingerprint density at radius 2 is 0.917 bits per heavy atom. The summed E-state index contributed by atoms with van der Waals surface area (Å²) in [4.78, 5) is 26.5. The molecule has 0 atom stereocenters. The van der Waals surface area contributed by atoms with Crippen molar-refractivity contribution in [2.75, 3.05) is 94.7 Å². The van der Waals surface area contributed by atoms with Gasteiger partial charge >= 0.3 is 0 Å². The first-order chi connectivity index (χ1) is 22.5. The molecule has 0 fully saturated rings. The summed E-state index contributed by atoms with van der Waals surface area (Å²) < 4.78 is 93.7. The van der Waals surface area contributed by atoms with Gasteiger partial charge in [0.25, 0.3) is 30.4 Å². The van der Waals surface area contributed by atoms with Crippen LogP contribution in [0.2, 0.25) is 0 Å². The molecular weight excluding hydrogens is 705 g/mol. The highest BCUT2D eigenvalue weighted by atomic mass is 32.2. The molecule has 3 rings (SSSR count). The summed E-state index contributed by atoms with van der Waals surface area (Å²) in [7, 11) is -12.9. The Morgan fingerprint density at radius 1 is 0.562 bits per heavy atom. The number of aromatic nitrogens is 6. The lowest BCUT2D eigenvalue weighted by molar-refractivity contribution is 0.280. The highest BCUT2D eigenvalue weighted by molar-refractivity contribution is 7.86. The first-order valence-electron chi connectivity index (χ1n) is 13.7. The van der Waals surface area contributed by atoms with Gasteiger partial charge in [-0.3, -0.25) is 13.7 Å². The van der Waals surface area contributed by atoms with Gasteiger partial charge in [-0.15, -0.1) is 0 Å². The fraction of sp³-hybridized carbons (Fsp3) is 0.455. The average Bonchev–Trinajstić information content (AvgIpc) is 2.95. The number of anilines is 8. The monoisotopic (exact) mass is 738 g/mol. The fourth-order valence-corrected chi connectivity index (χ4v) is 4.67. The molecule has 0 bridgehead atoms. The van der Waals surface area contributed by atoms with Crippen LogP contribution < -0.4 is 31.5 Å². The number of nitrogens with zero attached hydrogens (tertiary/aromatic N) is 7. The van der Waals surface area contributed by atoms with Crippen molar-refractivity contribution in [3.8, 4) is 0 Å². The van der Waals surface area contributed by atoms with Gasteiger partial charge in [0.1, 0.15) is 0 Å². The van der Waals surface area contributed by atoms with Crippen LogP contribution in [0.15, 0.2) is 24.3 Å². The minimum absolute atomic E-state index is 0.0248. The maximum atomic E-state index is 11.1. The zero-order chi connectivity index (χ0) is 35.4. The number of hydrogen-bond acceptors (Lipinski definition) is 20. The van der Waals surface area contributed by atoms with Crippen LogP contribution in [0.3, 0.4) is 0 Å². The van der Waals surface area contributed by atoms with Crippen molar-refractivity contribution in [3.05, 3.63) is 24.3 Å². The number of aliphatic hydroxyl groups excluding tert-OH is 2. The van der Waals surface area contributed by atoms with E-state index in [-0.39, 0.29) is 81.6 Å². The third-order valence-electron chi connectivity index (χ3n) is 5.59. The SMILES string of the molecule is O=S(=O)(O)CCNc1nc(NCCS(=O)(=O)O)nc(Nc2cccc(Nc3nc(NCCS(=O)(=O)O)nc(N(CCO)CCO)n3)c2)n1. The third-order valence-corrected chi connectivity index (χ3v) is 7.75. The van der Waals surface area contributed by atoms with Crippen molar-refractivity contribution >= 4 is 77.4 Å². The van der Waals surface area contributed by atoms with Crippen LogP contribution in [-0.4, -0.2) is 142 Å². The van der Waals surface area contributed by atoms with Gasteiger partial charge in [-0.2, -0.15) is 55.2 Å². The van der Waals surface area contributed by atoms with E-state index in [0.717, 1.165) is 0 Å². The number of hydrogen-bond donors (Lipinski definition) is 10. The minimum atomic E-state index is -4.29. The van der Waals surface area contributed by atoms with Crippen LogP contribution in [0.1, 0.15) is 0 Å². The first kappa shape index (κ1) is 38.1. The summed E-state index contributed by atoms with van der Waals surface area (Å²) in [5.74, 6) is -2.37. The Bertz CT molecular complexity index is 1790. The second-order valence-electron chi connectivity index (χ2n) is 9.49. The van der Waals surface area contributed by atoms with Crippen molar-refractivity contribution < 1.29 is 49.1 Å². The Morgan fingerprint density at radius 3 is 1.31 bits per heavy atom. The second kappa shape index (κ2) is 17.2. The van der Waals surface area contributed by atoms with Gasteiger partial charge in [-0.25, -0.2) is 0 Å². The van der Waals surface area contributed by atoms with E-state index in [1.165, 1.54) is 4.90 Å². The smallest absolute Gasteiger partial charge is 0.266 e. The quantitative estimate of drug-likeness (QED) is 0.0541. The van der Waals surface area contributed by atoms with E-state index < -0.39 is 47.6 Å². The van der Waals surface area contributed by atoms with Gasteiger partial charge in [0.05, 0.1) is 30.5 Å². The lowest BCUT2D eigenvalue weighted by Crippen LogP contribution is -2.32. The van der Waals surface area contributed by atoms with Gasteiger partial charge in [0, 0.05) is 44.1 Å². The summed E-state index contributed by atoms with van der Waals surface area (Å²) in [6, 6.07) is 6.46. The lowest BCUT2D eigenvalue weighted by Gasteiger charge is -2.21. The molecule has 10 N–H and O–H groups in total. The molecule has 0 saturated carbocycles. The molecular formula is C22H34N12O11S3. The summed E-state index contributed by atoms with van der Waals surface area (Å²) >= 11 is 0. The van der Waals surface area contributed by atoms with Gasteiger partial charge in [0.2, 0.25) is 35.7 Å². The molecule has 0 spiro atoms. The molecule has 23 nitrogen and oxygen atoms in total. The first-order valence-corrected chi connectivity index (χ1v) is 18.5. The molecule has 266 valence electrons. The normalized spacial score (nSPS) is 11.9. The predicted molar refractivity (Wildman–Crippen MR) is 174 cm³/mol. The lowest BCUT2D eigenvalue weighted by atomic mass is 10.3. The molecule has 0 saturated heterocycles. The van der Waals surface area contributed by atoms with E-state index in [1.807, 2.05) is 0 Å². The Labute approximate surface area is 274 Å². The standard InChI is InChI=1S/C22H34N12O11S3/c35-9-7-34(8-10-36)22-32-19(25-6-13-48(43,44)45)31-21(33-22)27-16-3-1-2-15(14-16)26-20-29-17(23-4-11-46(37,38)39)28-18(30-20)24-5-12-47(40,41)42/h1-3,14,35-36H,4-13H2,(H,37,38,39)(H,40,41,42)(H,43,44,45)(H2,25,27,31,32,33)(H3,23,24,26,28,29,30). The van der Waals surface area contributed by atoms with Crippen molar-refractivity contribution in [1.82, 2.24) is 29.9 Å². The molecule has 0 amide bonds. The Kier molecular flexibility index (Phi) is 13.7. The zero-order valence-corrected chi connectivity index (χ0v) is 27.4. The molecule has 0 aliphatic carbocycles. The van der Waals surface area contributed by atoms with E-state index in [1.54, 1.807) is 24.3 Å². The molecule has 0 unspecified atom stereocenters. The van der Waals surface area contributed by atoms with E-state index in [9.17, 15) is 35.5 Å². The van der Waals surface area contributed by atoms with Crippen molar-refractivity contribution in [1.29, 1.82) is 0 Å². The number of aliphatic hydroxyl groups is 2. The van der Waals surface area contributed by atoms with Crippen LogP contribution in [-0.2, 0) is 30.4 Å². The highest BCUT2D eigenvalue weighted by Gasteiger charge is 2.15. The van der Waals surface area contributed by atoms with Crippen molar-refractivity contribution in [2.45, 2.75) is 0 Å². The minimum Gasteiger partial charge on any atom is -0.395 e. The van der Waals surface area contributed by atoms with Crippen LogP contribution in [0.5, 0.6) is 0 Å². The molecule has 3 aromatic rings. The number of rotatable bonds is 21. The van der Waals surface area contributed by atoms with Crippen molar-refractivity contribution in [2.24, 2.45) is 0 Å².